The molecule has 0 aliphatic rings. The van der Waals surface area contributed by atoms with E-state index in [1.165, 1.54) is 0 Å². The summed E-state index contributed by atoms with van der Waals surface area (Å²) in [5.74, 6) is 4.43. The second-order valence-electron chi connectivity index (χ2n) is 3.29. The highest BCUT2D eigenvalue weighted by Gasteiger charge is 2.10. The zero-order valence-corrected chi connectivity index (χ0v) is 8.25. The van der Waals surface area contributed by atoms with Gasteiger partial charge >= 0.3 is 5.97 Å². The molecular formula is C10H9N3O3. The van der Waals surface area contributed by atoms with Crippen LogP contribution in [0.1, 0.15) is 5.82 Å². The van der Waals surface area contributed by atoms with Crippen molar-refractivity contribution >= 4 is 16.9 Å². The molecule has 0 spiro atoms. The molecule has 0 fully saturated rings. The van der Waals surface area contributed by atoms with Gasteiger partial charge in [0.25, 0.3) is 5.56 Å². The minimum atomic E-state index is -1.08. The largest absolute Gasteiger partial charge is 0.481 e. The average Bonchev–Trinajstić information content (AvgIpc) is 2.25. The number of aliphatic carboxylic acids is 1. The Morgan fingerprint density at radius 1 is 1.44 bits per heavy atom. The van der Waals surface area contributed by atoms with E-state index in [-0.39, 0.29) is 12.2 Å². The highest BCUT2D eigenvalue weighted by atomic mass is 16.4. The third kappa shape index (κ3) is 1.60. The van der Waals surface area contributed by atoms with Crippen LogP contribution < -0.4 is 11.4 Å². The van der Waals surface area contributed by atoms with Crippen LogP contribution in [-0.2, 0) is 11.2 Å². The van der Waals surface area contributed by atoms with Gasteiger partial charge in [0.1, 0.15) is 12.2 Å². The molecule has 16 heavy (non-hydrogen) atoms. The third-order valence-corrected chi connectivity index (χ3v) is 2.19. The Balaban J connectivity index is 2.74. The molecule has 6 heteroatoms. The van der Waals surface area contributed by atoms with Crippen LogP contribution >= 0.6 is 0 Å². The number of nitrogen functional groups attached to an aromatic ring is 1. The van der Waals surface area contributed by atoms with Crippen LogP contribution in [0.4, 0.5) is 0 Å². The third-order valence-electron chi connectivity index (χ3n) is 2.19. The van der Waals surface area contributed by atoms with Crippen molar-refractivity contribution in [1.29, 1.82) is 0 Å². The molecule has 0 saturated heterocycles. The molecule has 0 amide bonds. The fraction of sp³-hybridized carbons (Fsp3) is 0.100. The van der Waals surface area contributed by atoms with E-state index in [1.54, 1.807) is 24.3 Å². The number of aromatic nitrogens is 2. The minimum absolute atomic E-state index is 0.0381. The second-order valence-corrected chi connectivity index (χ2v) is 3.29. The van der Waals surface area contributed by atoms with Crippen molar-refractivity contribution < 1.29 is 9.90 Å². The molecule has 0 atom stereocenters. The van der Waals surface area contributed by atoms with Crippen LogP contribution in [0.15, 0.2) is 29.1 Å². The first kappa shape index (κ1) is 10.2. The van der Waals surface area contributed by atoms with Gasteiger partial charge in [0.2, 0.25) is 0 Å². The predicted octanol–water partition coefficient (Wildman–Crippen LogP) is -0.263. The topological polar surface area (TPSA) is 98.2 Å². The van der Waals surface area contributed by atoms with Crippen molar-refractivity contribution in [2.45, 2.75) is 6.42 Å². The number of rotatable bonds is 2. The Bertz CT molecular complexity index is 618. The molecule has 1 aromatic heterocycles. The molecule has 1 heterocycles. The van der Waals surface area contributed by atoms with Gasteiger partial charge in [-0.05, 0) is 12.1 Å². The van der Waals surface area contributed by atoms with Crippen molar-refractivity contribution in [2.24, 2.45) is 0 Å². The monoisotopic (exact) mass is 219 g/mol. The average molecular weight is 219 g/mol. The number of nitrogens with two attached hydrogens (primary N) is 1. The summed E-state index contributed by atoms with van der Waals surface area (Å²) in [6, 6.07) is 6.66. The van der Waals surface area contributed by atoms with Gasteiger partial charge in [-0.2, -0.15) is 0 Å². The highest BCUT2D eigenvalue weighted by molar-refractivity contribution is 5.78. The van der Waals surface area contributed by atoms with E-state index in [0.29, 0.717) is 10.9 Å². The van der Waals surface area contributed by atoms with E-state index in [9.17, 15) is 9.59 Å². The maximum absolute atomic E-state index is 11.7. The van der Waals surface area contributed by atoms with Crippen LogP contribution in [-0.4, -0.2) is 20.7 Å². The molecule has 6 nitrogen and oxygen atoms in total. The van der Waals surface area contributed by atoms with Gasteiger partial charge in [-0.15, -0.1) is 0 Å². The summed E-state index contributed by atoms with van der Waals surface area (Å²) in [4.78, 5) is 26.3. The maximum Gasteiger partial charge on any atom is 0.311 e. The van der Waals surface area contributed by atoms with E-state index in [2.05, 4.69) is 4.98 Å². The molecule has 0 radical (unpaired) electrons. The van der Waals surface area contributed by atoms with Gasteiger partial charge in [-0.1, -0.05) is 12.1 Å². The molecule has 1 aromatic carbocycles. The van der Waals surface area contributed by atoms with E-state index in [1.807, 2.05) is 0 Å². The van der Waals surface area contributed by atoms with Crippen molar-refractivity contribution in [3.05, 3.63) is 40.4 Å². The minimum Gasteiger partial charge on any atom is -0.481 e. The number of carboxylic acids is 1. The fourth-order valence-corrected chi connectivity index (χ4v) is 1.45. The van der Waals surface area contributed by atoms with Gasteiger partial charge in [0.15, 0.2) is 0 Å². The van der Waals surface area contributed by atoms with Crippen LogP contribution in [0.3, 0.4) is 0 Å². The lowest BCUT2D eigenvalue weighted by Gasteiger charge is -2.06. The number of nitrogens with zero attached hydrogens (tertiary/aromatic N) is 2. The van der Waals surface area contributed by atoms with Gasteiger partial charge in [-0.3, -0.25) is 9.59 Å². The van der Waals surface area contributed by atoms with Gasteiger partial charge < -0.3 is 10.9 Å². The fourth-order valence-electron chi connectivity index (χ4n) is 1.45. The van der Waals surface area contributed by atoms with E-state index in [0.717, 1.165) is 4.68 Å². The normalized spacial score (nSPS) is 10.5. The Morgan fingerprint density at radius 2 is 2.12 bits per heavy atom. The first-order chi connectivity index (χ1) is 7.59. The molecule has 2 aromatic rings. The number of benzene rings is 1. The lowest BCUT2D eigenvalue weighted by atomic mass is 10.2. The summed E-state index contributed by atoms with van der Waals surface area (Å²) in [5, 5.41) is 9.02. The summed E-state index contributed by atoms with van der Waals surface area (Å²) in [5.41, 5.74) is 0.00676. The first-order valence-corrected chi connectivity index (χ1v) is 4.57. The molecule has 0 aliphatic carbocycles. The number of hydrogen-bond donors (Lipinski definition) is 2. The van der Waals surface area contributed by atoms with Crippen molar-refractivity contribution in [3.8, 4) is 0 Å². The lowest BCUT2D eigenvalue weighted by molar-refractivity contribution is -0.136. The Hall–Kier alpha value is -2.37. The number of fused-ring (bicyclic) bond motifs is 1. The van der Waals surface area contributed by atoms with Crippen molar-refractivity contribution in [3.63, 3.8) is 0 Å². The Labute approximate surface area is 89.9 Å². The van der Waals surface area contributed by atoms with E-state index in [4.69, 9.17) is 10.9 Å². The molecular weight excluding hydrogens is 210 g/mol. The van der Waals surface area contributed by atoms with Crippen molar-refractivity contribution in [2.75, 3.05) is 5.84 Å². The van der Waals surface area contributed by atoms with Crippen LogP contribution in [0.2, 0.25) is 0 Å². The number of carboxylic acid groups (broad SMARTS) is 1. The summed E-state index contributed by atoms with van der Waals surface area (Å²) in [6.07, 6.45) is -0.378. The quantitative estimate of drug-likeness (QED) is 0.678. The second kappa shape index (κ2) is 3.65. The van der Waals surface area contributed by atoms with Crippen LogP contribution in [0.5, 0.6) is 0 Å². The predicted molar refractivity (Wildman–Crippen MR) is 57.5 cm³/mol. The number of hydrogen-bond acceptors (Lipinski definition) is 4. The SMILES string of the molecule is Nn1c(CC(=O)O)nc2ccccc2c1=O. The number of carbonyl (C=O) groups is 1. The van der Waals surface area contributed by atoms with Gasteiger partial charge in [0.05, 0.1) is 10.9 Å². The number of para-hydroxylation sites is 1. The zero-order valence-electron chi connectivity index (χ0n) is 8.25. The molecule has 0 bridgehead atoms. The van der Waals surface area contributed by atoms with E-state index >= 15 is 0 Å². The summed E-state index contributed by atoms with van der Waals surface area (Å²) in [6.45, 7) is 0. The van der Waals surface area contributed by atoms with Gasteiger partial charge in [0, 0.05) is 0 Å². The molecule has 0 aliphatic heterocycles. The molecule has 2 rings (SSSR count). The maximum atomic E-state index is 11.7. The highest BCUT2D eigenvalue weighted by Crippen LogP contribution is 2.06. The van der Waals surface area contributed by atoms with Gasteiger partial charge in [-0.25, -0.2) is 9.66 Å². The van der Waals surface area contributed by atoms with Crippen LogP contribution in [0, 0.1) is 0 Å². The smallest absolute Gasteiger partial charge is 0.311 e. The summed E-state index contributed by atoms with van der Waals surface area (Å²) >= 11 is 0. The van der Waals surface area contributed by atoms with E-state index < -0.39 is 11.5 Å². The molecule has 82 valence electrons. The molecule has 0 unspecified atom stereocenters. The Kier molecular flexibility index (Phi) is 2.32. The zero-order chi connectivity index (χ0) is 11.7. The summed E-state index contributed by atoms with van der Waals surface area (Å²) < 4.78 is 0.774. The molecule has 0 saturated carbocycles. The Morgan fingerprint density at radius 3 is 2.81 bits per heavy atom. The van der Waals surface area contributed by atoms with Crippen LogP contribution in [0.25, 0.3) is 10.9 Å². The molecule has 3 N–H and O–H groups in total. The standard InChI is InChI=1S/C10H9N3O3/c11-13-8(5-9(14)15)12-7-4-2-1-3-6(7)10(13)16/h1-4H,5,11H2,(H,14,15). The first-order valence-electron chi connectivity index (χ1n) is 4.57. The van der Waals surface area contributed by atoms with Crippen molar-refractivity contribution in [1.82, 2.24) is 9.66 Å². The summed E-state index contributed by atoms with van der Waals surface area (Å²) in [7, 11) is 0. The lowest BCUT2D eigenvalue weighted by Crippen LogP contribution is -2.32.